The van der Waals surface area contributed by atoms with Crippen LogP contribution in [0.1, 0.15) is 20.7 Å². The van der Waals surface area contributed by atoms with E-state index in [4.69, 9.17) is 9.47 Å². The summed E-state index contributed by atoms with van der Waals surface area (Å²) in [4.78, 5) is 24.5. The van der Waals surface area contributed by atoms with Gasteiger partial charge in [0.25, 0.3) is 0 Å². The smallest absolute Gasteiger partial charge is 0.228 e. The van der Waals surface area contributed by atoms with E-state index in [1.807, 2.05) is 0 Å². The number of hydrogen-bond donors (Lipinski definition) is 1. The molecule has 1 aliphatic carbocycles. The molecular formula is C16H12O5. The Labute approximate surface area is 120 Å². The number of Topliss-reactive ketones (excluding diaryl/α,β-unsaturated/α-hetero) is 1. The fraction of sp³-hybridized carbons (Fsp3) is 0.125. The van der Waals surface area contributed by atoms with E-state index < -0.39 is 0 Å². The van der Waals surface area contributed by atoms with E-state index in [9.17, 15) is 14.7 Å². The van der Waals surface area contributed by atoms with Crippen molar-refractivity contribution in [2.24, 2.45) is 0 Å². The van der Waals surface area contributed by atoms with E-state index in [1.165, 1.54) is 26.4 Å². The van der Waals surface area contributed by atoms with Crippen molar-refractivity contribution in [3.8, 4) is 11.5 Å². The topological polar surface area (TPSA) is 72.8 Å². The van der Waals surface area contributed by atoms with Gasteiger partial charge in [0.2, 0.25) is 5.78 Å². The molecule has 2 aromatic carbocycles. The van der Waals surface area contributed by atoms with Crippen LogP contribution in [0.5, 0.6) is 11.5 Å². The average Bonchev–Trinajstić information content (AvgIpc) is 2.49. The third kappa shape index (κ3) is 1.86. The first kappa shape index (κ1) is 13.2. The molecule has 0 bridgehead atoms. The Bertz CT molecular complexity index is 817. The zero-order valence-corrected chi connectivity index (χ0v) is 11.5. The summed E-state index contributed by atoms with van der Waals surface area (Å²) in [5.74, 6) is -0.421. The first-order valence-corrected chi connectivity index (χ1v) is 6.25. The summed E-state index contributed by atoms with van der Waals surface area (Å²) < 4.78 is 9.97. The van der Waals surface area contributed by atoms with Gasteiger partial charge >= 0.3 is 0 Å². The molecule has 1 N–H and O–H groups in total. The summed E-state index contributed by atoms with van der Waals surface area (Å²) >= 11 is 0. The molecule has 21 heavy (non-hydrogen) atoms. The number of allylic oxidation sites excluding steroid dienone is 2. The van der Waals surface area contributed by atoms with Gasteiger partial charge in [-0.1, -0.05) is 6.07 Å². The van der Waals surface area contributed by atoms with Crippen LogP contribution in [-0.4, -0.2) is 30.9 Å². The summed E-state index contributed by atoms with van der Waals surface area (Å²) in [6.07, 6.45) is 1.17. The number of hydrogen-bond acceptors (Lipinski definition) is 5. The molecule has 0 saturated carbocycles. The van der Waals surface area contributed by atoms with Gasteiger partial charge in [0, 0.05) is 17.2 Å². The van der Waals surface area contributed by atoms with Crippen molar-refractivity contribution in [2.45, 2.75) is 0 Å². The first-order valence-electron chi connectivity index (χ1n) is 6.25. The van der Waals surface area contributed by atoms with E-state index in [0.29, 0.717) is 16.5 Å². The predicted molar refractivity (Wildman–Crippen MR) is 75.9 cm³/mol. The molecule has 0 heterocycles. The second-order valence-corrected chi connectivity index (χ2v) is 4.64. The van der Waals surface area contributed by atoms with Crippen LogP contribution < -0.4 is 4.74 Å². The van der Waals surface area contributed by atoms with Crippen molar-refractivity contribution in [2.75, 3.05) is 14.2 Å². The summed E-state index contributed by atoms with van der Waals surface area (Å²) in [7, 11) is 2.79. The van der Waals surface area contributed by atoms with Gasteiger partial charge in [-0.3, -0.25) is 9.59 Å². The molecule has 0 fully saturated rings. The van der Waals surface area contributed by atoms with Crippen LogP contribution in [0, 0.1) is 0 Å². The summed E-state index contributed by atoms with van der Waals surface area (Å²) in [6, 6.07) is 6.35. The Hall–Kier alpha value is -2.82. The summed E-state index contributed by atoms with van der Waals surface area (Å²) in [5, 5.41) is 11.1. The van der Waals surface area contributed by atoms with Gasteiger partial charge < -0.3 is 14.6 Å². The second kappa shape index (κ2) is 4.63. The number of benzene rings is 2. The number of aromatic hydroxyl groups is 1. The van der Waals surface area contributed by atoms with Gasteiger partial charge in [-0.15, -0.1) is 0 Å². The van der Waals surface area contributed by atoms with E-state index in [-0.39, 0.29) is 34.2 Å². The molecule has 0 unspecified atom stereocenters. The molecule has 0 spiro atoms. The normalized spacial score (nSPS) is 13.9. The van der Waals surface area contributed by atoms with Gasteiger partial charge in [-0.05, 0) is 29.0 Å². The zero-order chi connectivity index (χ0) is 15.1. The molecule has 106 valence electrons. The number of carbonyl (C=O) groups excluding carboxylic acids is 2. The third-order valence-corrected chi connectivity index (χ3v) is 3.52. The molecular weight excluding hydrogens is 272 g/mol. The van der Waals surface area contributed by atoms with E-state index in [1.54, 1.807) is 18.2 Å². The monoisotopic (exact) mass is 284 g/mol. The number of rotatable bonds is 2. The average molecular weight is 284 g/mol. The number of ether oxygens (including phenoxy) is 2. The van der Waals surface area contributed by atoms with Crippen LogP contribution in [0.4, 0.5) is 0 Å². The lowest BCUT2D eigenvalue weighted by atomic mass is 9.89. The molecule has 1 aliphatic rings. The molecule has 0 aliphatic heterocycles. The molecule has 0 atom stereocenters. The fourth-order valence-electron chi connectivity index (χ4n) is 2.50. The number of carbonyl (C=O) groups is 2. The maximum atomic E-state index is 12.3. The lowest BCUT2D eigenvalue weighted by molar-refractivity contribution is 0.0917. The number of phenolic OH excluding ortho intramolecular Hbond substituents is 1. The minimum Gasteiger partial charge on any atom is -0.504 e. The Kier molecular flexibility index (Phi) is 2.90. The summed E-state index contributed by atoms with van der Waals surface area (Å²) in [5.41, 5.74) is 0.549. The molecule has 0 saturated heterocycles. The van der Waals surface area contributed by atoms with Crippen LogP contribution in [-0.2, 0) is 4.74 Å². The highest BCUT2D eigenvalue weighted by Crippen LogP contribution is 2.36. The second-order valence-electron chi connectivity index (χ2n) is 4.64. The van der Waals surface area contributed by atoms with E-state index in [0.717, 1.165) is 0 Å². The van der Waals surface area contributed by atoms with Crippen LogP contribution in [0.25, 0.3) is 10.8 Å². The molecule has 0 aromatic heterocycles. The zero-order valence-electron chi connectivity index (χ0n) is 11.5. The molecule has 3 rings (SSSR count). The lowest BCUT2D eigenvalue weighted by Crippen LogP contribution is -2.18. The largest absolute Gasteiger partial charge is 0.504 e. The highest BCUT2D eigenvalue weighted by molar-refractivity contribution is 6.28. The van der Waals surface area contributed by atoms with Gasteiger partial charge in [0.1, 0.15) is 0 Å². The fourth-order valence-corrected chi connectivity index (χ4v) is 2.50. The Morgan fingerprint density at radius 3 is 2.48 bits per heavy atom. The van der Waals surface area contributed by atoms with Crippen LogP contribution in [0.2, 0.25) is 0 Å². The van der Waals surface area contributed by atoms with Gasteiger partial charge in [0.15, 0.2) is 23.0 Å². The molecule has 0 radical (unpaired) electrons. The van der Waals surface area contributed by atoms with Crippen LogP contribution in [0.3, 0.4) is 0 Å². The van der Waals surface area contributed by atoms with Crippen molar-refractivity contribution >= 4 is 22.3 Å². The standard InChI is InChI=1S/C16H12O5/c1-20-13-5-8-3-4-9-15(10(8)6-11(13)17)12(18)7-14(21-2)16(9)19/h3-7,17H,1-2H3. The lowest BCUT2D eigenvalue weighted by Gasteiger charge is -2.16. The molecule has 2 aromatic rings. The number of methoxy groups -OCH3 is 2. The summed E-state index contributed by atoms with van der Waals surface area (Å²) in [6.45, 7) is 0. The van der Waals surface area contributed by atoms with Gasteiger partial charge in [-0.2, -0.15) is 0 Å². The molecule has 0 amide bonds. The van der Waals surface area contributed by atoms with E-state index >= 15 is 0 Å². The number of ketones is 2. The van der Waals surface area contributed by atoms with E-state index in [2.05, 4.69) is 0 Å². The van der Waals surface area contributed by atoms with Crippen molar-refractivity contribution in [1.29, 1.82) is 0 Å². The van der Waals surface area contributed by atoms with Crippen molar-refractivity contribution in [1.82, 2.24) is 0 Å². The van der Waals surface area contributed by atoms with Crippen LogP contribution in [0.15, 0.2) is 36.1 Å². The van der Waals surface area contributed by atoms with Crippen molar-refractivity contribution < 1.29 is 24.2 Å². The third-order valence-electron chi connectivity index (χ3n) is 3.52. The minimum atomic E-state index is -0.343. The Balaban J connectivity index is 2.34. The Morgan fingerprint density at radius 2 is 1.81 bits per heavy atom. The predicted octanol–water partition coefficient (Wildman–Crippen LogP) is 2.46. The van der Waals surface area contributed by atoms with Crippen LogP contribution >= 0.6 is 0 Å². The van der Waals surface area contributed by atoms with Crippen molar-refractivity contribution in [3.05, 3.63) is 47.2 Å². The number of fused-ring (bicyclic) bond motifs is 3. The molecule has 5 heteroatoms. The van der Waals surface area contributed by atoms with Crippen molar-refractivity contribution in [3.63, 3.8) is 0 Å². The molecule has 5 nitrogen and oxygen atoms in total. The number of phenols is 1. The quantitative estimate of drug-likeness (QED) is 0.917. The highest BCUT2D eigenvalue weighted by atomic mass is 16.5. The Morgan fingerprint density at radius 1 is 1.05 bits per heavy atom. The van der Waals surface area contributed by atoms with Gasteiger partial charge in [-0.25, -0.2) is 0 Å². The highest BCUT2D eigenvalue weighted by Gasteiger charge is 2.28. The maximum Gasteiger partial charge on any atom is 0.228 e. The van der Waals surface area contributed by atoms with Gasteiger partial charge in [0.05, 0.1) is 14.2 Å². The minimum absolute atomic E-state index is 0.0181. The SMILES string of the molecule is COC1=CC(=O)c2c(ccc3cc(OC)c(O)cc23)C1=O. The first-order chi connectivity index (χ1) is 10.1. The maximum absolute atomic E-state index is 12.3.